The van der Waals surface area contributed by atoms with Gasteiger partial charge in [0.2, 0.25) is 11.9 Å². The van der Waals surface area contributed by atoms with Crippen molar-refractivity contribution in [1.29, 1.82) is 0 Å². The van der Waals surface area contributed by atoms with E-state index >= 15 is 0 Å². The van der Waals surface area contributed by atoms with Gasteiger partial charge in [-0.15, -0.1) is 0 Å². The number of benzene rings is 1. The fourth-order valence-electron chi connectivity index (χ4n) is 3.90. The Morgan fingerprint density at radius 1 is 1.26 bits per heavy atom. The predicted molar refractivity (Wildman–Crippen MR) is 94.8 cm³/mol. The molecule has 27 heavy (non-hydrogen) atoms. The fourth-order valence-corrected chi connectivity index (χ4v) is 4.19. The molecule has 2 aliphatic heterocycles. The van der Waals surface area contributed by atoms with Crippen LogP contribution in [0.1, 0.15) is 17.9 Å². The molecule has 0 unspecified atom stereocenters. The number of carbonyl (C=O) groups excluding carboxylic acids is 1. The van der Waals surface area contributed by atoms with Crippen LogP contribution in [0.5, 0.6) is 0 Å². The van der Waals surface area contributed by atoms with Gasteiger partial charge >= 0.3 is 0 Å². The van der Waals surface area contributed by atoms with Crippen LogP contribution >= 0.6 is 23.2 Å². The molecule has 4 rings (SSSR count). The van der Waals surface area contributed by atoms with Crippen LogP contribution in [0.2, 0.25) is 10.0 Å². The van der Waals surface area contributed by atoms with Crippen molar-refractivity contribution in [3.05, 3.63) is 57.8 Å². The largest absolute Gasteiger partial charge is 0.390 e. The molecule has 9 heteroatoms. The lowest BCUT2D eigenvalue weighted by Crippen LogP contribution is -2.41. The van der Waals surface area contributed by atoms with Crippen LogP contribution in [0, 0.1) is 17.7 Å². The van der Waals surface area contributed by atoms with E-state index in [2.05, 4.69) is 10.3 Å². The molecule has 2 aromatic rings. The van der Waals surface area contributed by atoms with Gasteiger partial charge in [-0.3, -0.25) is 4.79 Å². The van der Waals surface area contributed by atoms with Crippen molar-refractivity contribution in [3.8, 4) is 0 Å². The Morgan fingerprint density at radius 3 is 2.78 bits per heavy atom. The Bertz CT molecular complexity index is 914. The molecule has 0 saturated carbocycles. The predicted octanol–water partition coefficient (Wildman–Crippen LogP) is 3.54. The van der Waals surface area contributed by atoms with Crippen LogP contribution in [0.4, 0.5) is 14.5 Å². The quantitative estimate of drug-likeness (QED) is 0.753. The molecule has 1 amide bonds. The first-order valence-electron chi connectivity index (χ1n) is 8.25. The van der Waals surface area contributed by atoms with Crippen LogP contribution < -0.4 is 5.32 Å². The molecule has 142 valence electrons. The summed E-state index contributed by atoms with van der Waals surface area (Å²) < 4.78 is 33.6. The molecule has 2 bridgehead atoms. The summed E-state index contributed by atoms with van der Waals surface area (Å²) in [6.45, 7) is 0. The summed E-state index contributed by atoms with van der Waals surface area (Å²) in [5, 5.41) is 13.5. The topological polar surface area (TPSA) is 71.5 Å². The standard InChI is InChI=1S/C18H14Cl2F2N2O3/c19-9-2-1-7(3-10(9)20)24-18(26)16-13-5-12(25)17(27-13)15(16)8-4-14(22)23-6-11(8)21/h1-4,6,12-13,15-17,25H,5H2,(H,24,26)/t12-,13+,15+,16-,17-/m0/s1. The Balaban J connectivity index is 1.66. The summed E-state index contributed by atoms with van der Waals surface area (Å²) in [6.07, 6.45) is -1.25. The average Bonchev–Trinajstić information content (AvgIpc) is 3.17. The minimum Gasteiger partial charge on any atom is -0.390 e. The van der Waals surface area contributed by atoms with Crippen LogP contribution in [0.3, 0.4) is 0 Å². The van der Waals surface area contributed by atoms with Gasteiger partial charge in [0.05, 0.1) is 40.5 Å². The third-order valence-electron chi connectivity index (χ3n) is 5.03. The number of anilines is 1. The first-order chi connectivity index (χ1) is 12.8. The molecule has 1 aromatic heterocycles. The van der Waals surface area contributed by atoms with E-state index in [1.807, 2.05) is 0 Å². The van der Waals surface area contributed by atoms with Crippen molar-refractivity contribution in [2.75, 3.05) is 5.32 Å². The minimum atomic E-state index is -0.868. The van der Waals surface area contributed by atoms with E-state index in [0.29, 0.717) is 10.7 Å². The maximum atomic E-state index is 14.3. The van der Waals surface area contributed by atoms with E-state index in [1.54, 1.807) is 6.07 Å². The van der Waals surface area contributed by atoms with E-state index in [-0.39, 0.29) is 17.0 Å². The number of rotatable bonds is 3. The number of nitrogens with one attached hydrogen (secondary N) is 1. The van der Waals surface area contributed by atoms with Crippen LogP contribution in [-0.2, 0) is 9.53 Å². The molecular weight excluding hydrogens is 401 g/mol. The molecule has 2 saturated heterocycles. The number of ether oxygens (including phenoxy) is 1. The molecule has 0 spiro atoms. The van der Waals surface area contributed by atoms with E-state index in [0.717, 1.165) is 12.3 Å². The van der Waals surface area contributed by atoms with Crippen molar-refractivity contribution in [3.63, 3.8) is 0 Å². The van der Waals surface area contributed by atoms with Gasteiger partial charge < -0.3 is 15.2 Å². The molecule has 2 aliphatic rings. The lowest BCUT2D eigenvalue weighted by molar-refractivity contribution is -0.122. The molecule has 2 fully saturated rings. The second kappa shape index (κ2) is 6.98. The van der Waals surface area contributed by atoms with E-state index in [4.69, 9.17) is 27.9 Å². The highest BCUT2D eigenvalue weighted by Crippen LogP contribution is 2.49. The smallest absolute Gasteiger partial charge is 0.230 e. The molecule has 0 aliphatic carbocycles. The van der Waals surface area contributed by atoms with Gasteiger partial charge in [-0.05, 0) is 24.3 Å². The van der Waals surface area contributed by atoms with Crippen molar-refractivity contribution in [2.24, 2.45) is 5.92 Å². The number of pyridine rings is 1. The number of halogens is 4. The monoisotopic (exact) mass is 414 g/mol. The number of nitrogens with zero attached hydrogens (tertiary/aromatic N) is 1. The SMILES string of the molecule is O=C(Nc1ccc(Cl)c(Cl)c1)[C@@H]1[C@@H](c2cc(F)ncc2F)[C@H]2O[C@@H]1C[C@@H]2O. The zero-order chi connectivity index (χ0) is 19.3. The second-order valence-electron chi connectivity index (χ2n) is 6.64. The van der Waals surface area contributed by atoms with Gasteiger partial charge in [0, 0.05) is 23.6 Å². The third kappa shape index (κ3) is 3.29. The summed E-state index contributed by atoms with van der Waals surface area (Å²) >= 11 is 11.8. The van der Waals surface area contributed by atoms with Gasteiger partial charge in [0.15, 0.2) is 0 Å². The number of fused-ring (bicyclic) bond motifs is 2. The first-order valence-corrected chi connectivity index (χ1v) is 9.01. The summed E-state index contributed by atoms with van der Waals surface area (Å²) in [5.74, 6) is -3.69. The highest BCUT2D eigenvalue weighted by molar-refractivity contribution is 6.42. The van der Waals surface area contributed by atoms with Crippen molar-refractivity contribution >= 4 is 34.8 Å². The lowest BCUT2D eigenvalue weighted by atomic mass is 9.74. The molecule has 5 atom stereocenters. The normalized spacial score (nSPS) is 29.1. The molecule has 5 nitrogen and oxygen atoms in total. The molecule has 1 aromatic carbocycles. The van der Waals surface area contributed by atoms with Gasteiger partial charge in [-0.1, -0.05) is 23.2 Å². The van der Waals surface area contributed by atoms with Crippen molar-refractivity contribution in [2.45, 2.75) is 30.7 Å². The zero-order valence-electron chi connectivity index (χ0n) is 13.7. The molecule has 3 heterocycles. The van der Waals surface area contributed by atoms with E-state index in [1.165, 1.54) is 12.1 Å². The van der Waals surface area contributed by atoms with Crippen LogP contribution in [0.25, 0.3) is 0 Å². The van der Waals surface area contributed by atoms with Crippen molar-refractivity contribution < 1.29 is 23.4 Å². The number of amides is 1. The number of hydrogen-bond acceptors (Lipinski definition) is 4. The summed E-state index contributed by atoms with van der Waals surface area (Å²) in [4.78, 5) is 16.2. The van der Waals surface area contributed by atoms with Gasteiger partial charge in [0.25, 0.3) is 0 Å². The maximum absolute atomic E-state index is 14.3. The number of aliphatic hydroxyl groups excluding tert-OH is 1. The number of hydrogen-bond donors (Lipinski definition) is 2. The minimum absolute atomic E-state index is 0.0389. The number of aliphatic hydroxyl groups is 1. The highest BCUT2D eigenvalue weighted by atomic mass is 35.5. The molecular formula is C18H14Cl2F2N2O3. The average molecular weight is 415 g/mol. The summed E-state index contributed by atoms with van der Waals surface area (Å²) in [5.41, 5.74) is 0.376. The lowest BCUT2D eigenvalue weighted by Gasteiger charge is -2.30. The highest BCUT2D eigenvalue weighted by Gasteiger charge is 2.57. The summed E-state index contributed by atoms with van der Waals surface area (Å²) in [7, 11) is 0. The van der Waals surface area contributed by atoms with Gasteiger partial charge in [-0.2, -0.15) is 4.39 Å². The van der Waals surface area contributed by atoms with Crippen molar-refractivity contribution in [1.82, 2.24) is 4.98 Å². The third-order valence-corrected chi connectivity index (χ3v) is 5.77. The number of carbonyl (C=O) groups is 1. The van der Waals surface area contributed by atoms with Gasteiger partial charge in [0.1, 0.15) is 5.82 Å². The summed E-state index contributed by atoms with van der Waals surface area (Å²) in [6, 6.07) is 5.55. The van der Waals surface area contributed by atoms with Crippen LogP contribution in [0.15, 0.2) is 30.5 Å². The first kappa shape index (κ1) is 18.6. The Kier molecular flexibility index (Phi) is 4.80. The fraction of sp³-hybridized carbons (Fsp3) is 0.333. The van der Waals surface area contributed by atoms with E-state index in [9.17, 15) is 18.7 Å². The molecule has 0 radical (unpaired) electrons. The van der Waals surface area contributed by atoms with Gasteiger partial charge in [-0.25, -0.2) is 9.37 Å². The second-order valence-corrected chi connectivity index (χ2v) is 7.45. The Labute approximate surface area is 163 Å². The zero-order valence-corrected chi connectivity index (χ0v) is 15.2. The number of aromatic nitrogens is 1. The molecule has 2 N–H and O–H groups in total. The Morgan fingerprint density at radius 2 is 2.04 bits per heavy atom. The van der Waals surface area contributed by atoms with E-state index < -0.39 is 47.8 Å². The Hall–Kier alpha value is -1.80. The maximum Gasteiger partial charge on any atom is 0.230 e. The van der Waals surface area contributed by atoms with Crippen LogP contribution in [-0.4, -0.2) is 34.3 Å².